The maximum atomic E-state index is 17.5. The van der Waals surface area contributed by atoms with E-state index in [0.717, 1.165) is 11.1 Å². The van der Waals surface area contributed by atoms with Crippen LogP contribution < -0.4 is 0 Å². The van der Waals surface area contributed by atoms with Crippen molar-refractivity contribution in [2.75, 3.05) is 79.3 Å². The molecule has 76 heavy (non-hydrogen) atoms. The minimum atomic E-state index is -2.11. The van der Waals surface area contributed by atoms with Crippen LogP contribution >= 0.6 is 0 Å². The van der Waals surface area contributed by atoms with Crippen molar-refractivity contribution in [3.05, 3.63) is 59.8 Å². The third-order valence-electron chi connectivity index (χ3n) is 20.0. The highest BCUT2D eigenvalue weighted by Crippen LogP contribution is 2.72. The molecule has 6 fully saturated rings. The Bertz CT molecular complexity index is 2240. The quantitative estimate of drug-likeness (QED) is 0.0741. The topological polar surface area (TPSA) is 240 Å². The Hall–Kier alpha value is -4.21. The van der Waals surface area contributed by atoms with Crippen LogP contribution in [0.5, 0.6) is 0 Å². The van der Waals surface area contributed by atoms with Gasteiger partial charge in [-0.1, -0.05) is 69.7 Å². The van der Waals surface area contributed by atoms with Crippen molar-refractivity contribution >= 4 is 29.7 Å². The number of rotatable bonds is 21. The maximum Gasteiger partial charge on any atom is 0.508 e. The van der Waals surface area contributed by atoms with Gasteiger partial charge in [0, 0.05) is 33.5 Å². The second-order valence-corrected chi connectivity index (χ2v) is 23.6. The second kappa shape index (κ2) is 21.8. The Labute approximate surface area is 443 Å². The lowest BCUT2D eigenvalue weighted by Crippen LogP contribution is -2.69. The van der Waals surface area contributed by atoms with Crippen LogP contribution in [0.4, 0.5) is 18.4 Å². The van der Waals surface area contributed by atoms with Gasteiger partial charge in [-0.3, -0.25) is 14.4 Å². The average molecular weight is 1070 g/mol. The zero-order valence-corrected chi connectivity index (χ0v) is 44.8. The number of alkyl halides is 2. The number of aliphatic hydroxyl groups is 4. The SMILES string of the molecule is C=C1C=C[C@@]2(C)C(=C1)CC[C@H]1[C@@H]3C[C@@H](C)[C@](O)(C(=O)COC(=O)OCCOCCOCCOCCOCCOC(=O)OCC(=O)[C@@]4(O)[C@H](C)C[C@H]5[C@@H]6CCC7=CC(=O)C=C[C@]7(C)[C@@]6(F)[C@@H](O)C[C@@]54C)[C@@]3(C)C[C@H](O)[C@@]12F. The number of fused-ring (bicyclic) bond motifs is 10. The van der Waals surface area contributed by atoms with E-state index < -0.39 is 129 Å². The van der Waals surface area contributed by atoms with E-state index in [0.29, 0.717) is 44.1 Å². The van der Waals surface area contributed by atoms with Gasteiger partial charge < -0.3 is 58.3 Å². The minimum absolute atomic E-state index is 0.0105. The first-order chi connectivity index (χ1) is 35.8. The molecule has 8 aliphatic carbocycles. The summed E-state index contributed by atoms with van der Waals surface area (Å²) in [5, 5.41) is 47.4. The van der Waals surface area contributed by atoms with Crippen LogP contribution in [0.2, 0.25) is 0 Å². The number of allylic oxidation sites excluding steroid dienone is 9. The molecule has 6 saturated carbocycles. The summed E-state index contributed by atoms with van der Waals surface area (Å²) in [6.07, 6.45) is 6.81. The molecule has 0 saturated heterocycles. The third kappa shape index (κ3) is 9.27. The lowest BCUT2D eigenvalue weighted by molar-refractivity contribution is -0.219. The molecule has 4 N–H and O–H groups in total. The number of hydrogen-bond acceptors (Lipinski definition) is 17. The Balaban J connectivity index is 0.640. The van der Waals surface area contributed by atoms with Gasteiger partial charge in [-0.15, -0.1) is 0 Å². The highest BCUT2D eigenvalue weighted by Gasteiger charge is 2.77. The van der Waals surface area contributed by atoms with Gasteiger partial charge in [0.05, 0.1) is 65.1 Å². The largest absolute Gasteiger partial charge is 0.508 e. The van der Waals surface area contributed by atoms with Gasteiger partial charge in [0.25, 0.3) is 0 Å². The molecular weight excluding hydrogens is 995 g/mol. The van der Waals surface area contributed by atoms with Crippen LogP contribution in [-0.2, 0) is 52.3 Å². The summed E-state index contributed by atoms with van der Waals surface area (Å²) in [6, 6.07) is 0. The van der Waals surface area contributed by atoms with E-state index in [2.05, 4.69) is 6.58 Å². The molecule has 0 radical (unpaired) electrons. The van der Waals surface area contributed by atoms with Crippen molar-refractivity contribution in [3.63, 3.8) is 0 Å². The maximum absolute atomic E-state index is 17.5. The molecule has 0 bridgehead atoms. The number of carbonyl (C=O) groups is 5. The van der Waals surface area contributed by atoms with Crippen LogP contribution in [0.25, 0.3) is 0 Å². The number of Topliss-reactive ketones (excluding diaryl/α,β-unsaturated/α-hetero) is 2. The summed E-state index contributed by atoms with van der Waals surface area (Å²) in [4.78, 5) is 64.4. The fourth-order valence-corrected chi connectivity index (χ4v) is 16.0. The van der Waals surface area contributed by atoms with E-state index >= 15 is 8.78 Å². The van der Waals surface area contributed by atoms with Crippen LogP contribution in [-0.4, -0.2) is 164 Å². The van der Waals surface area contributed by atoms with Crippen molar-refractivity contribution in [1.29, 1.82) is 0 Å². The normalized spacial score (nSPS) is 41.8. The summed E-state index contributed by atoms with van der Waals surface area (Å²) in [5.74, 6) is -5.07. The molecule has 0 aromatic carbocycles. The van der Waals surface area contributed by atoms with Crippen LogP contribution in [0, 0.1) is 57.2 Å². The molecule has 8 aliphatic rings. The standard InChI is InChI=1S/C57H78F2O17/c1-34-12-14-50(4)37(26-34)8-10-40-42-27-35(2)56(67,52(42,6)30-44(61)54(40,50)58)46(63)32-75-48(65)73-24-22-71-20-18-69-16-17-70-19-21-72-23-25-74-49(66)76-33-47(64)57(68)36(3)28-43-41-11-9-38-29-39(60)13-15-51(38,5)55(41,59)45(62)31-53(43,57)7/h12-15,26,29,35-36,40-45,61-62,67-68H,1,8-11,16-25,27-28,30-33H2,2-7H3/t35-,36-,40+,41+,42+,43+,44+,45+,50+,51+,52+,53+,54+,55+,56+,57+/m1/s1. The van der Waals surface area contributed by atoms with Crippen molar-refractivity contribution in [2.24, 2.45) is 57.2 Å². The Morgan fingerprint density at radius 2 is 0.947 bits per heavy atom. The van der Waals surface area contributed by atoms with Gasteiger partial charge in [-0.25, -0.2) is 18.4 Å². The Morgan fingerprint density at radius 1 is 0.579 bits per heavy atom. The Kier molecular flexibility index (Phi) is 16.6. The van der Waals surface area contributed by atoms with Gasteiger partial charge in [0.2, 0.25) is 11.6 Å². The summed E-state index contributed by atoms with van der Waals surface area (Å²) < 4.78 is 77.0. The molecule has 0 unspecified atom stereocenters. The summed E-state index contributed by atoms with van der Waals surface area (Å²) in [7, 11) is 0. The molecule has 0 aliphatic heterocycles. The van der Waals surface area contributed by atoms with Gasteiger partial charge in [0.15, 0.2) is 30.3 Å². The summed E-state index contributed by atoms with van der Waals surface area (Å²) >= 11 is 0. The van der Waals surface area contributed by atoms with Gasteiger partial charge in [-0.2, -0.15) is 0 Å². The smallest absolute Gasteiger partial charge is 0.432 e. The lowest BCUT2D eigenvalue weighted by atomic mass is 9.44. The molecule has 17 nitrogen and oxygen atoms in total. The highest BCUT2D eigenvalue weighted by atomic mass is 19.1. The number of ether oxygens (including phenoxy) is 8. The fourth-order valence-electron chi connectivity index (χ4n) is 16.0. The number of carbonyl (C=O) groups excluding carboxylic acids is 5. The van der Waals surface area contributed by atoms with E-state index in [9.17, 15) is 44.4 Å². The molecule has 0 aromatic heterocycles. The Morgan fingerprint density at radius 3 is 1.36 bits per heavy atom. The zero-order chi connectivity index (χ0) is 55.3. The molecule has 8 rings (SSSR count). The molecule has 0 spiro atoms. The highest BCUT2D eigenvalue weighted by molar-refractivity contribution is 6.01. The zero-order valence-electron chi connectivity index (χ0n) is 44.8. The van der Waals surface area contributed by atoms with Gasteiger partial charge in [0.1, 0.15) is 24.4 Å². The van der Waals surface area contributed by atoms with Crippen molar-refractivity contribution in [3.8, 4) is 0 Å². The van der Waals surface area contributed by atoms with Crippen molar-refractivity contribution < 1.29 is 91.1 Å². The van der Waals surface area contributed by atoms with E-state index in [1.54, 1.807) is 52.8 Å². The first-order valence-electron chi connectivity index (χ1n) is 27.0. The molecule has 19 heteroatoms. The van der Waals surface area contributed by atoms with Gasteiger partial charge in [-0.05, 0) is 107 Å². The number of ketones is 3. The monoisotopic (exact) mass is 1070 g/mol. The summed E-state index contributed by atoms with van der Waals surface area (Å²) in [6.45, 7) is 13.9. The number of hydrogen-bond donors (Lipinski definition) is 4. The van der Waals surface area contributed by atoms with Crippen molar-refractivity contribution in [1.82, 2.24) is 0 Å². The molecule has 0 amide bonds. The molecule has 16 atom stereocenters. The number of halogens is 2. The first kappa shape index (κ1) is 58.0. The fraction of sp³-hybridized carbons (Fsp3) is 0.737. The molecular formula is C57H78F2O17. The van der Waals surface area contributed by atoms with Crippen LogP contribution in [0.3, 0.4) is 0 Å². The predicted octanol–water partition coefficient (Wildman–Crippen LogP) is 6.18. The number of aliphatic hydroxyl groups excluding tert-OH is 2. The van der Waals surface area contributed by atoms with E-state index in [4.69, 9.17) is 37.9 Å². The lowest BCUT2D eigenvalue weighted by Gasteiger charge is -2.62. The third-order valence-corrected chi connectivity index (χ3v) is 20.0. The second-order valence-electron chi connectivity index (χ2n) is 23.6. The minimum Gasteiger partial charge on any atom is -0.432 e. The molecule has 422 valence electrons. The van der Waals surface area contributed by atoms with Crippen molar-refractivity contribution in [2.45, 2.75) is 128 Å². The van der Waals surface area contributed by atoms with E-state index in [-0.39, 0.29) is 84.7 Å². The average Bonchev–Trinajstić information content (AvgIpc) is 3.93. The first-order valence-corrected chi connectivity index (χ1v) is 27.0. The van der Waals surface area contributed by atoms with Crippen LogP contribution in [0.1, 0.15) is 92.9 Å². The molecule has 0 aromatic rings. The van der Waals surface area contributed by atoms with E-state index in [1.165, 1.54) is 12.2 Å². The van der Waals surface area contributed by atoms with Gasteiger partial charge >= 0.3 is 12.3 Å². The van der Waals surface area contributed by atoms with E-state index in [1.807, 2.05) is 13.0 Å². The molecule has 0 heterocycles. The predicted molar refractivity (Wildman–Crippen MR) is 268 cm³/mol. The van der Waals surface area contributed by atoms with Crippen LogP contribution in [0.15, 0.2) is 59.8 Å². The summed E-state index contributed by atoms with van der Waals surface area (Å²) in [5.41, 5.74) is -10.4.